The van der Waals surface area contributed by atoms with Gasteiger partial charge in [-0.3, -0.25) is 0 Å². The molecule has 2 aromatic rings. The molecule has 4 nitrogen and oxygen atoms in total. The van der Waals surface area contributed by atoms with Crippen LogP contribution in [0.5, 0.6) is 0 Å². The molecule has 0 saturated heterocycles. The van der Waals surface area contributed by atoms with Gasteiger partial charge in [0.1, 0.15) is 5.54 Å². The molecule has 22 heavy (non-hydrogen) atoms. The fourth-order valence-electron chi connectivity index (χ4n) is 2.92. The van der Waals surface area contributed by atoms with Crippen molar-refractivity contribution in [2.45, 2.75) is 25.6 Å². The van der Waals surface area contributed by atoms with E-state index in [-0.39, 0.29) is 0 Å². The van der Waals surface area contributed by atoms with Crippen molar-refractivity contribution in [2.75, 3.05) is 0 Å². The van der Waals surface area contributed by atoms with E-state index < -0.39 is 11.7 Å². The molecule has 0 aliphatic carbocycles. The zero-order valence-electron chi connectivity index (χ0n) is 12.4. The van der Waals surface area contributed by atoms with E-state index >= 15 is 0 Å². The van der Waals surface area contributed by atoms with E-state index in [1.807, 2.05) is 44.2 Å². The van der Waals surface area contributed by atoms with E-state index in [2.05, 4.69) is 0 Å². The van der Waals surface area contributed by atoms with Crippen LogP contribution in [-0.2, 0) is 0 Å². The second kappa shape index (κ2) is 5.39. The largest absolute Gasteiger partial charge is 0.622 e. The summed E-state index contributed by atoms with van der Waals surface area (Å²) in [5.74, 6) is 0. The van der Waals surface area contributed by atoms with Crippen LogP contribution in [-0.4, -0.2) is 26.3 Å². The summed E-state index contributed by atoms with van der Waals surface area (Å²) < 4.78 is 0.844. The molecule has 0 fully saturated rings. The van der Waals surface area contributed by atoms with Crippen molar-refractivity contribution in [3.8, 4) is 0 Å². The first kappa shape index (κ1) is 15.0. The first-order valence-electron chi connectivity index (χ1n) is 7.06. The minimum Gasteiger partial charge on any atom is -0.622 e. The summed E-state index contributed by atoms with van der Waals surface area (Å²) in [6.45, 7) is 3.63. The van der Waals surface area contributed by atoms with Crippen LogP contribution in [0.3, 0.4) is 0 Å². The van der Waals surface area contributed by atoms with Gasteiger partial charge in [-0.25, -0.2) is 0 Å². The van der Waals surface area contributed by atoms with Gasteiger partial charge >= 0.3 is 0 Å². The van der Waals surface area contributed by atoms with Crippen LogP contribution in [0.25, 0.3) is 0 Å². The number of rotatable bonds is 2. The molecule has 5 heteroatoms. The molecule has 0 saturated carbocycles. The van der Waals surface area contributed by atoms with Crippen LogP contribution in [0, 0.1) is 5.21 Å². The summed E-state index contributed by atoms with van der Waals surface area (Å²) in [6.07, 6.45) is -0.862. The van der Waals surface area contributed by atoms with Crippen molar-refractivity contribution in [2.24, 2.45) is 0 Å². The molecule has 0 amide bonds. The maximum atomic E-state index is 12.9. The molecule has 1 aliphatic heterocycles. The maximum Gasteiger partial charge on any atom is 0.269 e. The summed E-state index contributed by atoms with van der Waals surface area (Å²) in [7, 11) is 0. The van der Waals surface area contributed by atoms with Gasteiger partial charge in [0, 0.05) is 5.56 Å². The van der Waals surface area contributed by atoms with Crippen LogP contribution < -0.4 is 0 Å². The number of benzene rings is 2. The topological polar surface area (TPSA) is 49.5 Å². The third kappa shape index (κ3) is 2.20. The van der Waals surface area contributed by atoms with Gasteiger partial charge in [0.25, 0.3) is 6.17 Å². The van der Waals surface area contributed by atoms with Crippen molar-refractivity contribution in [3.05, 3.63) is 76.0 Å². The van der Waals surface area contributed by atoms with Crippen LogP contribution in [0.4, 0.5) is 0 Å². The SMILES string of the molecule is CC1(C)C(c2ccccc2)=[N+]([O-])[C@@H](c2ccccc2Cl)N1O. The lowest BCUT2D eigenvalue weighted by atomic mass is 9.93. The lowest BCUT2D eigenvalue weighted by Crippen LogP contribution is -2.44. The molecule has 0 bridgehead atoms. The number of hydroxylamine groups is 3. The Labute approximate surface area is 134 Å². The predicted molar refractivity (Wildman–Crippen MR) is 86.1 cm³/mol. The quantitative estimate of drug-likeness (QED) is 0.677. The van der Waals surface area contributed by atoms with Gasteiger partial charge in [-0.05, 0) is 38.1 Å². The molecule has 1 aliphatic rings. The number of nitrogens with zero attached hydrogens (tertiary/aromatic N) is 2. The monoisotopic (exact) mass is 316 g/mol. The fourth-order valence-corrected chi connectivity index (χ4v) is 3.16. The van der Waals surface area contributed by atoms with Gasteiger partial charge in [0.05, 0.1) is 10.6 Å². The molecule has 114 valence electrons. The van der Waals surface area contributed by atoms with Gasteiger partial charge in [0.2, 0.25) is 5.71 Å². The Morgan fingerprint density at radius 1 is 1.09 bits per heavy atom. The third-order valence-corrected chi connectivity index (χ3v) is 4.40. The average molecular weight is 317 g/mol. The zero-order chi connectivity index (χ0) is 15.9. The van der Waals surface area contributed by atoms with Crippen LogP contribution in [0.1, 0.15) is 31.1 Å². The summed E-state index contributed by atoms with van der Waals surface area (Å²) in [6, 6.07) is 16.4. The van der Waals surface area contributed by atoms with E-state index in [9.17, 15) is 10.4 Å². The first-order valence-corrected chi connectivity index (χ1v) is 7.44. The summed E-state index contributed by atoms with van der Waals surface area (Å²) in [5, 5.41) is 25.0. The van der Waals surface area contributed by atoms with Crippen molar-refractivity contribution in [3.63, 3.8) is 0 Å². The number of hydrogen-bond donors (Lipinski definition) is 1. The van der Waals surface area contributed by atoms with Crippen molar-refractivity contribution in [1.29, 1.82) is 0 Å². The fraction of sp³-hybridized carbons (Fsp3) is 0.235. The van der Waals surface area contributed by atoms with Crippen LogP contribution in [0.15, 0.2) is 54.6 Å². The molecular weight excluding hydrogens is 300 g/mol. The molecule has 1 N–H and O–H groups in total. The molecular formula is C17H17ClN2O2. The molecule has 1 heterocycles. The zero-order valence-corrected chi connectivity index (χ0v) is 13.2. The van der Waals surface area contributed by atoms with Gasteiger partial charge in [-0.2, -0.15) is 4.74 Å². The standard InChI is InChI=1S/C17H17ClN2O2/c1-17(2)15(12-8-4-3-5-9-12)19(21)16(20(17)22)13-10-6-7-11-14(13)18/h3-11,16,22H,1-2H3/t16-/m1/s1. The predicted octanol–water partition coefficient (Wildman–Crippen LogP) is 3.82. The molecule has 0 aromatic heterocycles. The van der Waals surface area contributed by atoms with Crippen molar-refractivity contribution >= 4 is 17.3 Å². The Kier molecular flexibility index (Phi) is 3.68. The van der Waals surface area contributed by atoms with E-state index in [0.717, 1.165) is 15.4 Å². The molecule has 2 aromatic carbocycles. The van der Waals surface area contributed by atoms with Gasteiger partial charge in [0.15, 0.2) is 0 Å². The summed E-state index contributed by atoms with van der Waals surface area (Å²) in [5.41, 5.74) is 1.06. The minimum absolute atomic E-state index is 0.456. The summed E-state index contributed by atoms with van der Waals surface area (Å²) >= 11 is 6.21. The summed E-state index contributed by atoms with van der Waals surface area (Å²) in [4.78, 5) is 0. The molecule has 1 atom stereocenters. The van der Waals surface area contributed by atoms with E-state index in [4.69, 9.17) is 11.6 Å². The van der Waals surface area contributed by atoms with E-state index in [0.29, 0.717) is 16.3 Å². The highest BCUT2D eigenvalue weighted by atomic mass is 35.5. The lowest BCUT2D eigenvalue weighted by molar-refractivity contribution is -0.544. The smallest absolute Gasteiger partial charge is 0.269 e. The molecule has 0 spiro atoms. The Morgan fingerprint density at radius 2 is 1.68 bits per heavy atom. The Balaban J connectivity index is 2.18. The lowest BCUT2D eigenvalue weighted by Gasteiger charge is -2.26. The third-order valence-electron chi connectivity index (χ3n) is 4.06. The molecule has 0 radical (unpaired) electrons. The highest BCUT2D eigenvalue weighted by Gasteiger charge is 2.53. The Morgan fingerprint density at radius 3 is 2.32 bits per heavy atom. The van der Waals surface area contributed by atoms with Crippen molar-refractivity contribution < 1.29 is 9.95 Å². The van der Waals surface area contributed by atoms with Gasteiger partial charge in [-0.15, -0.1) is 5.06 Å². The second-order valence-corrected chi connectivity index (χ2v) is 6.25. The van der Waals surface area contributed by atoms with Crippen molar-refractivity contribution in [1.82, 2.24) is 5.06 Å². The highest BCUT2D eigenvalue weighted by Crippen LogP contribution is 2.38. The Bertz CT molecular complexity index is 728. The number of halogens is 1. The van der Waals surface area contributed by atoms with E-state index in [1.54, 1.807) is 24.3 Å². The molecule has 3 rings (SSSR count). The maximum absolute atomic E-state index is 12.9. The first-order chi connectivity index (χ1) is 10.4. The average Bonchev–Trinajstić information content (AvgIpc) is 2.67. The van der Waals surface area contributed by atoms with Gasteiger partial charge < -0.3 is 10.4 Å². The Hall–Kier alpha value is -1.88. The molecule has 0 unspecified atom stereocenters. The second-order valence-electron chi connectivity index (χ2n) is 5.84. The van der Waals surface area contributed by atoms with Crippen LogP contribution in [0.2, 0.25) is 5.02 Å². The van der Waals surface area contributed by atoms with Crippen LogP contribution >= 0.6 is 11.6 Å². The highest BCUT2D eigenvalue weighted by molar-refractivity contribution is 6.31. The minimum atomic E-state index is -0.862. The van der Waals surface area contributed by atoms with Gasteiger partial charge in [-0.1, -0.05) is 41.9 Å². The normalized spacial score (nSPS) is 21.4. The van der Waals surface area contributed by atoms with E-state index in [1.165, 1.54) is 0 Å². The number of hydrogen-bond acceptors (Lipinski definition) is 3.